The molecule has 2 aliphatic rings. The molecule has 1 aromatic carbocycles. The van der Waals surface area contributed by atoms with Crippen LogP contribution < -0.4 is 0 Å². The zero-order valence-corrected chi connectivity index (χ0v) is 20.3. The van der Waals surface area contributed by atoms with E-state index in [1.54, 1.807) is 17.0 Å². The van der Waals surface area contributed by atoms with Gasteiger partial charge in [-0.3, -0.25) is 9.59 Å². The second-order valence-corrected chi connectivity index (χ2v) is 12.2. The van der Waals surface area contributed by atoms with Crippen molar-refractivity contribution < 1.29 is 18.0 Å². The fourth-order valence-corrected chi connectivity index (χ4v) is 7.63. The number of aryl methyl sites for hydroxylation is 2. The van der Waals surface area contributed by atoms with E-state index in [0.29, 0.717) is 43.2 Å². The molecule has 172 valence electrons. The predicted octanol–water partition coefficient (Wildman–Crippen LogP) is 3.81. The van der Waals surface area contributed by atoms with Crippen molar-refractivity contribution in [3.8, 4) is 0 Å². The molecule has 8 heteroatoms. The number of carbonyl (C=O) groups is 2. The van der Waals surface area contributed by atoms with Crippen molar-refractivity contribution >= 4 is 33.1 Å². The molecule has 0 bridgehead atoms. The monoisotopic (exact) mass is 474 g/mol. The summed E-state index contributed by atoms with van der Waals surface area (Å²) in [5, 5.41) is 0. The van der Waals surface area contributed by atoms with Crippen molar-refractivity contribution in [2.45, 2.75) is 50.2 Å². The number of amides is 1. The zero-order chi connectivity index (χ0) is 22.9. The summed E-state index contributed by atoms with van der Waals surface area (Å²) >= 11 is 1.19. The molecule has 6 nitrogen and oxygen atoms in total. The standard InChI is InChI=1S/C24H30N2O4S2/c1-17-5-7-21(18(2)15-17)24(28)19-9-13-25(14-10-19)22(27)16-20-6-8-23(31-20)32(29,30)26-11-3-4-12-26/h5-8,15,19H,3-4,9-14,16H2,1-2H3. The van der Waals surface area contributed by atoms with Crippen LogP contribution in [0.15, 0.2) is 34.5 Å². The largest absolute Gasteiger partial charge is 0.342 e. The Labute approximate surface area is 194 Å². The molecule has 0 spiro atoms. The zero-order valence-electron chi connectivity index (χ0n) is 18.7. The molecule has 0 unspecified atom stereocenters. The number of hydrogen-bond acceptors (Lipinski definition) is 5. The molecule has 2 fully saturated rings. The van der Waals surface area contributed by atoms with Gasteiger partial charge in [0.1, 0.15) is 4.21 Å². The average molecular weight is 475 g/mol. The molecule has 2 saturated heterocycles. The van der Waals surface area contributed by atoms with E-state index in [2.05, 4.69) is 0 Å². The lowest BCUT2D eigenvalue weighted by Crippen LogP contribution is -2.41. The average Bonchev–Trinajstić information content (AvgIpc) is 3.46. The highest BCUT2D eigenvalue weighted by molar-refractivity contribution is 7.91. The molecule has 2 aliphatic heterocycles. The Balaban J connectivity index is 1.33. The summed E-state index contributed by atoms with van der Waals surface area (Å²) in [4.78, 5) is 28.3. The van der Waals surface area contributed by atoms with Crippen LogP contribution in [0.4, 0.5) is 0 Å². The van der Waals surface area contributed by atoms with Gasteiger partial charge in [-0.25, -0.2) is 8.42 Å². The van der Waals surface area contributed by atoms with Crippen molar-refractivity contribution in [3.63, 3.8) is 0 Å². The van der Waals surface area contributed by atoms with E-state index in [4.69, 9.17) is 0 Å². The van der Waals surface area contributed by atoms with Crippen molar-refractivity contribution in [2.24, 2.45) is 5.92 Å². The third-order valence-corrected chi connectivity index (χ3v) is 9.94. The van der Waals surface area contributed by atoms with Crippen molar-refractivity contribution in [1.82, 2.24) is 9.21 Å². The molecule has 0 atom stereocenters. The van der Waals surface area contributed by atoms with E-state index in [0.717, 1.165) is 34.4 Å². The maximum atomic E-state index is 12.9. The van der Waals surface area contributed by atoms with Crippen LogP contribution in [-0.4, -0.2) is 55.5 Å². The quantitative estimate of drug-likeness (QED) is 0.597. The van der Waals surface area contributed by atoms with Crippen molar-refractivity contribution in [3.05, 3.63) is 51.9 Å². The Morgan fingerprint density at radius 2 is 1.69 bits per heavy atom. The lowest BCUT2D eigenvalue weighted by Gasteiger charge is -2.31. The fraction of sp³-hybridized carbons (Fsp3) is 0.500. The maximum absolute atomic E-state index is 12.9. The normalized spacial score (nSPS) is 18.2. The molecule has 1 amide bonds. The van der Waals surface area contributed by atoms with E-state index in [9.17, 15) is 18.0 Å². The number of sulfonamides is 1. The summed E-state index contributed by atoms with van der Waals surface area (Å²) < 4.78 is 27.3. The lowest BCUT2D eigenvalue weighted by molar-refractivity contribution is -0.131. The van der Waals surface area contributed by atoms with Crippen LogP contribution in [0.2, 0.25) is 0 Å². The summed E-state index contributed by atoms with van der Waals surface area (Å²) in [6, 6.07) is 9.29. The van der Waals surface area contributed by atoms with Crippen molar-refractivity contribution in [1.29, 1.82) is 0 Å². The molecule has 0 aliphatic carbocycles. The Bertz CT molecular complexity index is 1110. The summed E-state index contributed by atoms with van der Waals surface area (Å²) in [6.07, 6.45) is 3.33. The predicted molar refractivity (Wildman–Crippen MR) is 126 cm³/mol. The first kappa shape index (κ1) is 23.1. The van der Waals surface area contributed by atoms with Gasteiger partial charge in [-0.2, -0.15) is 4.31 Å². The number of Topliss-reactive ketones (excluding diaryl/α,β-unsaturated/α-hetero) is 1. The molecule has 0 saturated carbocycles. The minimum Gasteiger partial charge on any atom is -0.342 e. The first-order valence-corrected chi connectivity index (χ1v) is 13.5. The number of ketones is 1. The maximum Gasteiger partial charge on any atom is 0.252 e. The fourth-order valence-electron chi connectivity index (χ4n) is 4.61. The first-order valence-electron chi connectivity index (χ1n) is 11.2. The molecular weight excluding hydrogens is 444 g/mol. The van der Waals surface area contributed by atoms with Gasteiger partial charge in [-0.05, 0) is 57.2 Å². The van der Waals surface area contributed by atoms with E-state index >= 15 is 0 Å². The second kappa shape index (κ2) is 9.45. The number of thiophene rings is 1. The minimum atomic E-state index is -3.44. The van der Waals surface area contributed by atoms with Crippen LogP contribution in [0.5, 0.6) is 0 Å². The van der Waals surface area contributed by atoms with E-state index in [1.165, 1.54) is 15.6 Å². The van der Waals surface area contributed by atoms with Gasteiger partial charge in [-0.1, -0.05) is 23.8 Å². The first-order chi connectivity index (χ1) is 15.3. The Morgan fingerprint density at radius 3 is 2.34 bits per heavy atom. The van der Waals surface area contributed by atoms with Crippen LogP contribution in [0.25, 0.3) is 0 Å². The Hall–Kier alpha value is -2.03. The second-order valence-electron chi connectivity index (χ2n) is 8.85. The number of benzene rings is 1. The minimum absolute atomic E-state index is 0.00520. The van der Waals surface area contributed by atoms with Gasteiger partial charge < -0.3 is 4.90 Å². The molecule has 0 N–H and O–H groups in total. The van der Waals surface area contributed by atoms with Crippen LogP contribution in [0.3, 0.4) is 0 Å². The highest BCUT2D eigenvalue weighted by atomic mass is 32.2. The smallest absolute Gasteiger partial charge is 0.252 e. The van der Waals surface area contributed by atoms with Gasteiger partial charge in [0.05, 0.1) is 6.42 Å². The Morgan fingerprint density at radius 1 is 1.00 bits per heavy atom. The number of rotatable bonds is 6. The molecule has 3 heterocycles. The van der Waals surface area contributed by atoms with Crippen LogP contribution in [0, 0.1) is 19.8 Å². The van der Waals surface area contributed by atoms with E-state index in [-0.39, 0.29) is 24.0 Å². The SMILES string of the molecule is Cc1ccc(C(=O)C2CCN(C(=O)Cc3ccc(S(=O)(=O)N4CCCC4)s3)CC2)c(C)c1. The van der Waals surface area contributed by atoms with Gasteiger partial charge >= 0.3 is 0 Å². The molecule has 1 aromatic heterocycles. The van der Waals surface area contributed by atoms with Gasteiger partial charge in [0.15, 0.2) is 5.78 Å². The third-order valence-electron chi connectivity index (χ3n) is 6.49. The number of piperidine rings is 1. The number of nitrogens with zero attached hydrogens (tertiary/aromatic N) is 2. The van der Waals surface area contributed by atoms with Gasteiger partial charge in [0, 0.05) is 42.5 Å². The Kier molecular flexibility index (Phi) is 6.83. The van der Waals surface area contributed by atoms with Crippen LogP contribution in [-0.2, 0) is 21.2 Å². The molecular formula is C24H30N2O4S2. The van der Waals surface area contributed by atoms with Crippen molar-refractivity contribution in [2.75, 3.05) is 26.2 Å². The van der Waals surface area contributed by atoms with Gasteiger partial charge in [0.25, 0.3) is 10.0 Å². The summed E-state index contributed by atoms with van der Waals surface area (Å²) in [7, 11) is -3.44. The summed E-state index contributed by atoms with van der Waals surface area (Å²) in [5.74, 6) is 0.110. The third kappa shape index (κ3) is 4.82. The van der Waals surface area contributed by atoms with E-state index < -0.39 is 10.0 Å². The van der Waals surface area contributed by atoms with Crippen LogP contribution >= 0.6 is 11.3 Å². The number of hydrogen-bond donors (Lipinski definition) is 0. The van der Waals surface area contributed by atoms with Crippen LogP contribution in [0.1, 0.15) is 52.0 Å². The number of carbonyl (C=O) groups excluding carboxylic acids is 2. The highest BCUT2D eigenvalue weighted by Crippen LogP contribution is 2.29. The molecule has 4 rings (SSSR count). The molecule has 32 heavy (non-hydrogen) atoms. The molecule has 2 aromatic rings. The lowest BCUT2D eigenvalue weighted by atomic mass is 9.87. The van der Waals surface area contributed by atoms with E-state index in [1.807, 2.05) is 32.0 Å². The van der Waals surface area contributed by atoms with Gasteiger partial charge in [-0.15, -0.1) is 11.3 Å². The topological polar surface area (TPSA) is 74.8 Å². The summed E-state index contributed by atoms with van der Waals surface area (Å²) in [5.41, 5.74) is 2.93. The highest BCUT2D eigenvalue weighted by Gasteiger charge is 2.30. The van der Waals surface area contributed by atoms with Gasteiger partial charge in [0.2, 0.25) is 5.91 Å². The molecule has 0 radical (unpaired) electrons. The number of likely N-dealkylation sites (tertiary alicyclic amines) is 1. The summed E-state index contributed by atoms with van der Waals surface area (Å²) in [6.45, 7) is 6.26.